The van der Waals surface area contributed by atoms with Gasteiger partial charge in [-0.1, -0.05) is 10.9 Å². The molecule has 0 aromatic carbocycles. The number of tetrazole rings is 1. The van der Waals surface area contributed by atoms with Crippen LogP contribution in [0.3, 0.4) is 0 Å². The van der Waals surface area contributed by atoms with E-state index < -0.39 is 0 Å². The summed E-state index contributed by atoms with van der Waals surface area (Å²) in [6.45, 7) is 2.43. The van der Waals surface area contributed by atoms with Crippen molar-refractivity contribution in [2.75, 3.05) is 6.61 Å². The Hall–Kier alpha value is -1.43. The predicted octanol–water partition coefficient (Wildman–Crippen LogP) is 0.850. The molecule has 2 aromatic rings. The van der Waals surface area contributed by atoms with Gasteiger partial charge in [-0.05, 0) is 28.8 Å². The summed E-state index contributed by atoms with van der Waals surface area (Å²) >= 11 is 1.58. The molecule has 5 nitrogen and oxygen atoms in total. The highest BCUT2D eigenvalue weighted by Gasteiger charge is 2.09. The Morgan fingerprint density at radius 2 is 2.54 bits per heavy atom. The molecule has 6 heteroatoms. The first kappa shape index (κ1) is 8.18. The Balaban J connectivity index is 2.35. The summed E-state index contributed by atoms with van der Waals surface area (Å²) in [4.78, 5) is 7.53. The van der Waals surface area contributed by atoms with Gasteiger partial charge in [0.1, 0.15) is 6.61 Å². The molecule has 0 spiro atoms. The Kier molecular flexibility index (Phi) is 2.22. The Labute approximate surface area is 78.9 Å². The van der Waals surface area contributed by atoms with E-state index in [0.717, 1.165) is 4.88 Å². The first-order chi connectivity index (χ1) is 6.42. The second-order valence-corrected chi connectivity index (χ2v) is 3.22. The number of hydrogen-bond donors (Lipinski definition) is 0. The second kappa shape index (κ2) is 3.53. The van der Waals surface area contributed by atoms with Crippen molar-refractivity contribution in [3.8, 4) is 10.7 Å². The highest BCUT2D eigenvalue weighted by molar-refractivity contribution is 7.13. The van der Waals surface area contributed by atoms with E-state index in [4.69, 9.17) is 4.84 Å². The van der Waals surface area contributed by atoms with E-state index in [0.29, 0.717) is 12.4 Å². The van der Waals surface area contributed by atoms with E-state index in [2.05, 4.69) is 15.5 Å². The van der Waals surface area contributed by atoms with Gasteiger partial charge < -0.3 is 4.84 Å². The molecule has 2 rings (SSSR count). The molecule has 68 valence electrons. The molecule has 0 aliphatic heterocycles. The molecule has 0 saturated carbocycles. The molecule has 0 N–H and O–H groups in total. The van der Waals surface area contributed by atoms with Gasteiger partial charge in [0.05, 0.1) is 4.88 Å². The molecule has 0 amide bonds. The number of nitrogens with zero attached hydrogens (tertiary/aromatic N) is 4. The predicted molar refractivity (Wildman–Crippen MR) is 48.3 cm³/mol. The van der Waals surface area contributed by atoms with Crippen molar-refractivity contribution in [2.45, 2.75) is 6.92 Å². The Morgan fingerprint density at radius 3 is 3.23 bits per heavy atom. The van der Waals surface area contributed by atoms with E-state index in [1.807, 2.05) is 24.4 Å². The monoisotopic (exact) mass is 196 g/mol. The van der Waals surface area contributed by atoms with E-state index in [1.54, 1.807) is 11.3 Å². The number of aromatic nitrogens is 4. The van der Waals surface area contributed by atoms with Crippen LogP contribution in [0.25, 0.3) is 10.7 Å². The minimum absolute atomic E-state index is 0.545. The van der Waals surface area contributed by atoms with E-state index in [1.165, 1.54) is 4.85 Å². The maximum atomic E-state index is 5.19. The highest BCUT2D eigenvalue weighted by atomic mass is 32.1. The molecular formula is C7H8N4OS. The lowest BCUT2D eigenvalue weighted by atomic mass is 10.4. The maximum absolute atomic E-state index is 5.19. The SMILES string of the molecule is CCOn1nnnc1-c1cccs1. The van der Waals surface area contributed by atoms with E-state index in [-0.39, 0.29) is 0 Å². The van der Waals surface area contributed by atoms with Gasteiger partial charge in [0, 0.05) is 0 Å². The van der Waals surface area contributed by atoms with Crippen LogP contribution in [0.1, 0.15) is 6.92 Å². The minimum atomic E-state index is 0.545. The Bertz CT molecular complexity index is 370. The smallest absolute Gasteiger partial charge is 0.232 e. The van der Waals surface area contributed by atoms with Crippen LogP contribution in [0.2, 0.25) is 0 Å². The van der Waals surface area contributed by atoms with Gasteiger partial charge in [0.15, 0.2) is 0 Å². The molecule has 0 bridgehead atoms. The third-order valence-electron chi connectivity index (χ3n) is 1.43. The molecule has 0 aliphatic rings. The van der Waals surface area contributed by atoms with Crippen LogP contribution in [0.15, 0.2) is 17.5 Å². The summed E-state index contributed by atoms with van der Waals surface area (Å²) in [5.41, 5.74) is 0. The summed E-state index contributed by atoms with van der Waals surface area (Å²) < 4.78 is 0. The average molecular weight is 196 g/mol. The fourth-order valence-electron chi connectivity index (χ4n) is 0.938. The molecule has 0 fully saturated rings. The van der Waals surface area contributed by atoms with Gasteiger partial charge in [0.25, 0.3) is 0 Å². The van der Waals surface area contributed by atoms with Crippen LogP contribution in [0.5, 0.6) is 0 Å². The van der Waals surface area contributed by atoms with Crippen LogP contribution >= 0.6 is 11.3 Å². The van der Waals surface area contributed by atoms with Crippen molar-refractivity contribution in [1.82, 2.24) is 20.4 Å². The van der Waals surface area contributed by atoms with Gasteiger partial charge in [-0.3, -0.25) is 0 Å². The van der Waals surface area contributed by atoms with Gasteiger partial charge in [-0.25, -0.2) is 0 Å². The van der Waals surface area contributed by atoms with Crippen molar-refractivity contribution in [3.05, 3.63) is 17.5 Å². The molecule has 2 heterocycles. The molecule has 0 saturated heterocycles. The fourth-order valence-corrected chi connectivity index (χ4v) is 1.62. The standard InChI is InChI=1S/C7H8N4OS/c1-2-12-11-7(8-9-10-11)6-4-3-5-13-6/h3-5H,2H2,1H3. The summed E-state index contributed by atoms with van der Waals surface area (Å²) in [6.07, 6.45) is 0. The molecule has 0 radical (unpaired) electrons. The first-order valence-electron chi connectivity index (χ1n) is 3.87. The van der Waals surface area contributed by atoms with Crippen molar-refractivity contribution in [3.63, 3.8) is 0 Å². The van der Waals surface area contributed by atoms with Crippen LogP contribution in [0.4, 0.5) is 0 Å². The zero-order valence-electron chi connectivity index (χ0n) is 7.04. The van der Waals surface area contributed by atoms with Gasteiger partial charge in [-0.15, -0.1) is 16.4 Å². The van der Waals surface area contributed by atoms with Crippen LogP contribution in [-0.2, 0) is 0 Å². The van der Waals surface area contributed by atoms with Gasteiger partial charge in [0.2, 0.25) is 5.82 Å². The largest absolute Gasteiger partial charge is 0.394 e. The summed E-state index contributed by atoms with van der Waals surface area (Å²) in [5, 5.41) is 13.1. The first-order valence-corrected chi connectivity index (χ1v) is 4.75. The molecule has 0 unspecified atom stereocenters. The van der Waals surface area contributed by atoms with Crippen LogP contribution in [0, 0.1) is 0 Å². The fraction of sp³-hybridized carbons (Fsp3) is 0.286. The lowest BCUT2D eigenvalue weighted by molar-refractivity contribution is 0.0921. The third kappa shape index (κ3) is 1.52. The number of rotatable bonds is 3. The lowest BCUT2D eigenvalue weighted by Gasteiger charge is -2.00. The van der Waals surface area contributed by atoms with E-state index >= 15 is 0 Å². The Morgan fingerprint density at radius 1 is 1.62 bits per heavy atom. The zero-order chi connectivity index (χ0) is 9.10. The number of thiophene rings is 1. The van der Waals surface area contributed by atoms with Gasteiger partial charge >= 0.3 is 0 Å². The van der Waals surface area contributed by atoms with Crippen molar-refractivity contribution in [2.24, 2.45) is 0 Å². The van der Waals surface area contributed by atoms with Crippen molar-refractivity contribution < 1.29 is 4.84 Å². The highest BCUT2D eigenvalue weighted by Crippen LogP contribution is 2.20. The zero-order valence-corrected chi connectivity index (χ0v) is 7.86. The quantitative estimate of drug-likeness (QED) is 0.730. The maximum Gasteiger partial charge on any atom is 0.232 e. The van der Waals surface area contributed by atoms with Gasteiger partial charge in [-0.2, -0.15) is 0 Å². The van der Waals surface area contributed by atoms with E-state index in [9.17, 15) is 0 Å². The molecule has 0 aliphatic carbocycles. The van der Waals surface area contributed by atoms with Crippen LogP contribution in [-0.4, -0.2) is 27.0 Å². The molecule has 0 atom stereocenters. The minimum Gasteiger partial charge on any atom is -0.394 e. The lowest BCUT2D eigenvalue weighted by Crippen LogP contribution is -2.13. The third-order valence-corrected chi connectivity index (χ3v) is 2.30. The number of hydrogen-bond acceptors (Lipinski definition) is 5. The normalized spacial score (nSPS) is 10.2. The molecule has 13 heavy (non-hydrogen) atoms. The molecule has 2 aromatic heterocycles. The summed E-state index contributed by atoms with van der Waals surface area (Å²) in [7, 11) is 0. The molecular weight excluding hydrogens is 188 g/mol. The van der Waals surface area contributed by atoms with Crippen LogP contribution < -0.4 is 4.84 Å². The van der Waals surface area contributed by atoms with Crippen molar-refractivity contribution in [1.29, 1.82) is 0 Å². The summed E-state index contributed by atoms with van der Waals surface area (Å²) in [5.74, 6) is 0.650. The second-order valence-electron chi connectivity index (χ2n) is 2.27. The van der Waals surface area contributed by atoms with Crippen molar-refractivity contribution >= 4 is 11.3 Å². The summed E-state index contributed by atoms with van der Waals surface area (Å²) in [6, 6.07) is 3.90. The average Bonchev–Trinajstić information content (AvgIpc) is 2.71. The topological polar surface area (TPSA) is 52.8 Å².